The molecule has 0 spiro atoms. The van der Waals surface area contributed by atoms with E-state index < -0.39 is 18.0 Å². The molecular weight excluding hydrogens is 336 g/mol. The highest BCUT2D eigenvalue weighted by Crippen LogP contribution is 2.20. The van der Waals surface area contributed by atoms with E-state index in [0.717, 1.165) is 47.7 Å². The van der Waals surface area contributed by atoms with Crippen LogP contribution in [0.4, 0.5) is 4.79 Å². The van der Waals surface area contributed by atoms with Gasteiger partial charge in [0.2, 0.25) is 0 Å². The van der Waals surface area contributed by atoms with Gasteiger partial charge in [-0.15, -0.1) is 0 Å². The first-order valence-corrected chi connectivity index (χ1v) is 9.68. The molecule has 146 valence electrons. The number of hydrogen-bond acceptors (Lipinski definition) is 5. The fourth-order valence-corrected chi connectivity index (χ4v) is 3.33. The lowest BCUT2D eigenvalue weighted by Crippen LogP contribution is -2.48. The Bertz CT molecular complexity index is 729. The molecule has 1 unspecified atom stereocenters. The average molecular weight is 366 g/mol. The van der Waals surface area contributed by atoms with Crippen LogP contribution in [0, 0.1) is 6.92 Å². The fourth-order valence-electron chi connectivity index (χ4n) is 3.33. The highest BCUT2D eigenvalue weighted by Gasteiger charge is 2.26. The van der Waals surface area contributed by atoms with E-state index in [0.29, 0.717) is 30.7 Å². The van der Waals surface area contributed by atoms with E-state index >= 15 is 0 Å². The maximum absolute atomic E-state index is 12.9. The zero-order valence-electron chi connectivity index (χ0n) is 16.1. The van der Waals surface area contributed by atoms with Gasteiger partial charge in [0.25, 0.3) is 5.56 Å². The third-order valence-electron chi connectivity index (χ3n) is 4.85. The van der Waals surface area contributed by atoms with Crippen molar-refractivity contribution in [2.24, 2.45) is 0 Å². The lowest BCUT2D eigenvalue weighted by molar-refractivity contribution is -0.0375. The maximum atomic E-state index is 12.9. The Hall–Kier alpha value is -1.89. The minimum atomic E-state index is -0.719. The van der Waals surface area contributed by atoms with Gasteiger partial charge in [0, 0.05) is 17.9 Å². The summed E-state index contributed by atoms with van der Waals surface area (Å²) in [6.07, 6.45) is 5.40. The molecule has 7 heteroatoms. The molecule has 1 aliphatic heterocycles. The molecule has 0 aliphatic carbocycles. The summed E-state index contributed by atoms with van der Waals surface area (Å²) in [4.78, 5) is 38.2. The van der Waals surface area contributed by atoms with Crippen molar-refractivity contribution in [3.05, 3.63) is 32.1 Å². The average Bonchev–Trinajstić information content (AvgIpc) is 2.63. The molecule has 1 fully saturated rings. The Balaban J connectivity index is 2.34. The molecule has 0 amide bonds. The molecule has 0 N–H and O–H groups in total. The van der Waals surface area contributed by atoms with Gasteiger partial charge < -0.3 is 9.47 Å². The summed E-state index contributed by atoms with van der Waals surface area (Å²) >= 11 is 0. The van der Waals surface area contributed by atoms with E-state index in [2.05, 4.69) is 6.92 Å². The number of nitrogens with zero attached hydrogens (tertiary/aromatic N) is 2. The van der Waals surface area contributed by atoms with Crippen molar-refractivity contribution in [2.75, 3.05) is 13.2 Å². The third kappa shape index (κ3) is 4.44. The molecule has 1 saturated heterocycles. The number of aromatic nitrogens is 2. The first kappa shape index (κ1) is 20.4. The van der Waals surface area contributed by atoms with Gasteiger partial charge in [0.15, 0.2) is 0 Å². The predicted octanol–water partition coefficient (Wildman–Crippen LogP) is 3.14. The van der Waals surface area contributed by atoms with Gasteiger partial charge in [-0.1, -0.05) is 33.1 Å². The van der Waals surface area contributed by atoms with Gasteiger partial charge in [0.1, 0.15) is 6.23 Å². The summed E-state index contributed by atoms with van der Waals surface area (Å²) in [5, 5.41) is 0. The number of rotatable bonds is 7. The van der Waals surface area contributed by atoms with Crippen LogP contribution in [0.3, 0.4) is 0 Å². The number of carbonyl (C=O) groups is 1. The van der Waals surface area contributed by atoms with Crippen LogP contribution in [0.5, 0.6) is 0 Å². The molecule has 7 nitrogen and oxygen atoms in total. The van der Waals surface area contributed by atoms with Crippen LogP contribution in [0.15, 0.2) is 9.59 Å². The van der Waals surface area contributed by atoms with Crippen LogP contribution in [0.2, 0.25) is 0 Å². The number of unbranched alkanes of at least 4 members (excludes halogenated alkanes) is 3. The van der Waals surface area contributed by atoms with Gasteiger partial charge in [-0.05, 0) is 39.0 Å². The highest BCUT2D eigenvalue weighted by molar-refractivity contribution is 5.71. The monoisotopic (exact) mass is 366 g/mol. The Kier molecular flexibility index (Phi) is 7.63. The molecule has 1 aliphatic rings. The third-order valence-corrected chi connectivity index (χ3v) is 4.85. The quantitative estimate of drug-likeness (QED) is 0.693. The second kappa shape index (κ2) is 9.71. The molecule has 26 heavy (non-hydrogen) atoms. The van der Waals surface area contributed by atoms with Crippen LogP contribution in [-0.2, 0) is 15.9 Å². The number of hydrogen-bond donors (Lipinski definition) is 0. The molecule has 0 radical (unpaired) electrons. The van der Waals surface area contributed by atoms with E-state index in [1.165, 1.54) is 0 Å². The van der Waals surface area contributed by atoms with Crippen molar-refractivity contribution in [1.82, 2.24) is 9.13 Å². The molecule has 2 heterocycles. The van der Waals surface area contributed by atoms with E-state index in [1.54, 1.807) is 6.92 Å². The van der Waals surface area contributed by atoms with Gasteiger partial charge in [-0.2, -0.15) is 0 Å². The van der Waals surface area contributed by atoms with Crippen LogP contribution >= 0.6 is 0 Å². The Morgan fingerprint density at radius 2 is 1.96 bits per heavy atom. The summed E-state index contributed by atoms with van der Waals surface area (Å²) in [7, 11) is 0. The Morgan fingerprint density at radius 3 is 2.58 bits per heavy atom. The van der Waals surface area contributed by atoms with Crippen molar-refractivity contribution >= 4 is 6.09 Å². The zero-order chi connectivity index (χ0) is 19.1. The van der Waals surface area contributed by atoms with Crippen LogP contribution in [0.1, 0.15) is 76.3 Å². The standard InChI is InChI=1S/C19H30N2O5/c1-4-6-7-9-13-26-19(24)20-14(3)15(5-2)17(22)21(18(20)23)16-11-8-10-12-25-16/h16H,4-13H2,1-3H3. The largest absolute Gasteiger partial charge is 0.449 e. The molecule has 1 aromatic heterocycles. The molecule has 1 atom stereocenters. The van der Waals surface area contributed by atoms with Gasteiger partial charge in [-0.3, -0.25) is 4.79 Å². The van der Waals surface area contributed by atoms with E-state index in [-0.39, 0.29) is 12.2 Å². The lowest BCUT2D eigenvalue weighted by atomic mass is 10.1. The van der Waals surface area contributed by atoms with Gasteiger partial charge in [0.05, 0.1) is 6.61 Å². The molecular formula is C19H30N2O5. The topological polar surface area (TPSA) is 79.5 Å². The van der Waals surface area contributed by atoms with Gasteiger partial charge in [-0.25, -0.2) is 18.7 Å². The van der Waals surface area contributed by atoms with Crippen LogP contribution < -0.4 is 11.2 Å². The summed E-state index contributed by atoms with van der Waals surface area (Å²) in [5.74, 6) is 0. The van der Waals surface area contributed by atoms with E-state index in [9.17, 15) is 14.4 Å². The Morgan fingerprint density at radius 1 is 1.19 bits per heavy atom. The fraction of sp³-hybridized carbons (Fsp3) is 0.737. The maximum Gasteiger partial charge on any atom is 0.422 e. The first-order chi connectivity index (χ1) is 12.5. The van der Waals surface area contributed by atoms with Crippen molar-refractivity contribution in [1.29, 1.82) is 0 Å². The first-order valence-electron chi connectivity index (χ1n) is 9.68. The predicted molar refractivity (Wildman–Crippen MR) is 98.8 cm³/mol. The second-order valence-corrected chi connectivity index (χ2v) is 6.71. The highest BCUT2D eigenvalue weighted by atomic mass is 16.6. The Labute approximate surface area is 153 Å². The summed E-state index contributed by atoms with van der Waals surface area (Å²) < 4.78 is 13.0. The number of carbonyl (C=O) groups excluding carboxylic acids is 1. The minimum absolute atomic E-state index is 0.269. The second-order valence-electron chi connectivity index (χ2n) is 6.71. The van der Waals surface area contributed by atoms with Crippen molar-refractivity contribution < 1.29 is 14.3 Å². The molecule has 0 bridgehead atoms. The summed E-state index contributed by atoms with van der Waals surface area (Å²) in [5.41, 5.74) is -0.237. The van der Waals surface area contributed by atoms with Gasteiger partial charge >= 0.3 is 11.8 Å². The van der Waals surface area contributed by atoms with Crippen molar-refractivity contribution in [2.45, 2.75) is 78.4 Å². The SMILES string of the molecule is CCCCCCOC(=O)n1c(C)c(CC)c(=O)n(C2CCCCO2)c1=O. The molecule has 2 rings (SSSR count). The van der Waals surface area contributed by atoms with Crippen LogP contribution in [0.25, 0.3) is 0 Å². The minimum Gasteiger partial charge on any atom is -0.449 e. The van der Waals surface area contributed by atoms with Crippen molar-refractivity contribution in [3.8, 4) is 0 Å². The zero-order valence-corrected chi connectivity index (χ0v) is 16.1. The van der Waals surface area contributed by atoms with E-state index in [4.69, 9.17) is 9.47 Å². The van der Waals surface area contributed by atoms with Crippen LogP contribution in [-0.4, -0.2) is 28.4 Å². The molecule has 0 aromatic carbocycles. The molecule has 0 saturated carbocycles. The lowest BCUT2D eigenvalue weighted by Gasteiger charge is -2.25. The normalized spacial score (nSPS) is 17.3. The molecule has 1 aromatic rings. The smallest absolute Gasteiger partial charge is 0.422 e. The van der Waals surface area contributed by atoms with Crippen molar-refractivity contribution in [3.63, 3.8) is 0 Å². The van der Waals surface area contributed by atoms with E-state index in [1.807, 2.05) is 6.92 Å². The number of ether oxygens (including phenoxy) is 2. The summed E-state index contributed by atoms with van der Waals surface area (Å²) in [6.45, 7) is 6.34. The summed E-state index contributed by atoms with van der Waals surface area (Å²) in [6, 6.07) is 0.